The van der Waals surface area contributed by atoms with Crippen LogP contribution < -0.4 is 5.32 Å². The monoisotopic (exact) mass is 545 g/mol. The Labute approximate surface area is 231 Å². The van der Waals surface area contributed by atoms with Crippen molar-refractivity contribution in [2.24, 2.45) is 0 Å². The van der Waals surface area contributed by atoms with E-state index in [1.807, 2.05) is 37.3 Å². The van der Waals surface area contributed by atoms with Crippen LogP contribution in [0.1, 0.15) is 45.8 Å². The molecule has 196 valence electrons. The second-order valence-corrected chi connectivity index (χ2v) is 11.9. The number of hydrogen-bond donors (Lipinski definition) is 1. The fourth-order valence-corrected chi connectivity index (χ4v) is 6.97. The van der Waals surface area contributed by atoms with E-state index in [4.69, 9.17) is 9.72 Å². The summed E-state index contributed by atoms with van der Waals surface area (Å²) in [7, 11) is 0. The third-order valence-corrected chi connectivity index (χ3v) is 8.82. The molecule has 0 spiro atoms. The van der Waals surface area contributed by atoms with Crippen LogP contribution in [0.4, 0.5) is 5.00 Å². The van der Waals surface area contributed by atoms with Gasteiger partial charge in [0.15, 0.2) is 0 Å². The van der Waals surface area contributed by atoms with Gasteiger partial charge >= 0.3 is 5.97 Å². The van der Waals surface area contributed by atoms with E-state index in [0.29, 0.717) is 10.6 Å². The number of anilines is 1. The molecule has 1 aliphatic heterocycles. The third-order valence-electron chi connectivity index (χ3n) is 6.67. The molecule has 4 aromatic rings. The van der Waals surface area contributed by atoms with Gasteiger partial charge < -0.3 is 10.1 Å². The van der Waals surface area contributed by atoms with Gasteiger partial charge in [-0.1, -0.05) is 60.3 Å². The number of aromatic nitrogens is 1. The average Bonchev–Trinajstić information content (AvgIpc) is 3.26. The van der Waals surface area contributed by atoms with E-state index in [-0.39, 0.29) is 18.5 Å². The molecule has 8 heteroatoms. The van der Waals surface area contributed by atoms with E-state index in [1.54, 1.807) is 6.92 Å². The summed E-state index contributed by atoms with van der Waals surface area (Å²) in [5, 5.41) is 5.15. The number of pyridine rings is 1. The molecule has 0 saturated heterocycles. The van der Waals surface area contributed by atoms with Crippen LogP contribution in [0.25, 0.3) is 10.9 Å². The molecular formula is C30H31N3O3S2. The van der Waals surface area contributed by atoms with Gasteiger partial charge in [0.2, 0.25) is 5.91 Å². The van der Waals surface area contributed by atoms with Crippen LogP contribution in [-0.4, -0.2) is 40.2 Å². The van der Waals surface area contributed by atoms with Crippen molar-refractivity contribution >= 4 is 50.9 Å². The molecule has 0 radical (unpaired) electrons. The maximum Gasteiger partial charge on any atom is 0.341 e. The van der Waals surface area contributed by atoms with Crippen molar-refractivity contribution in [2.45, 2.75) is 50.6 Å². The lowest BCUT2D eigenvalue weighted by molar-refractivity contribution is -0.115. The number of carbonyl (C=O) groups is 2. The number of carbonyl (C=O) groups excluding carboxylic acids is 2. The summed E-state index contributed by atoms with van der Waals surface area (Å²) in [6.07, 6.45) is 0.743. The summed E-state index contributed by atoms with van der Waals surface area (Å²) in [6, 6.07) is 20.4. The van der Waals surface area contributed by atoms with E-state index in [9.17, 15) is 9.59 Å². The second kappa shape index (κ2) is 11.7. The highest BCUT2D eigenvalue weighted by Crippen LogP contribution is 2.38. The van der Waals surface area contributed by atoms with Crippen LogP contribution in [0.2, 0.25) is 0 Å². The Balaban J connectivity index is 1.34. The number of rotatable bonds is 8. The SMILES string of the molecule is CCOC(=O)c1c(NC(=O)[C@@H](C)Sc2cc(C)c3ccccc3n2)sc2c1CCN(Cc1ccccc1)C2. The van der Waals surface area contributed by atoms with Crippen molar-refractivity contribution in [3.63, 3.8) is 0 Å². The number of amides is 1. The van der Waals surface area contributed by atoms with Crippen LogP contribution >= 0.6 is 23.1 Å². The van der Waals surface area contributed by atoms with Crippen LogP contribution in [0.5, 0.6) is 0 Å². The maximum atomic E-state index is 13.3. The largest absolute Gasteiger partial charge is 0.462 e. The van der Waals surface area contributed by atoms with Crippen LogP contribution in [0.3, 0.4) is 0 Å². The van der Waals surface area contributed by atoms with Gasteiger partial charge in [-0.05, 0) is 56.0 Å². The van der Waals surface area contributed by atoms with Gasteiger partial charge in [0.25, 0.3) is 0 Å². The van der Waals surface area contributed by atoms with E-state index in [1.165, 1.54) is 28.7 Å². The zero-order valence-corrected chi connectivity index (χ0v) is 23.5. The minimum absolute atomic E-state index is 0.159. The molecule has 2 aromatic heterocycles. The predicted octanol–water partition coefficient (Wildman–Crippen LogP) is 6.46. The first-order valence-corrected chi connectivity index (χ1v) is 14.5. The van der Waals surface area contributed by atoms with Crippen molar-refractivity contribution in [1.82, 2.24) is 9.88 Å². The van der Waals surface area contributed by atoms with Gasteiger partial charge in [-0.15, -0.1) is 11.3 Å². The molecule has 3 heterocycles. The second-order valence-electron chi connectivity index (χ2n) is 9.42. The quantitative estimate of drug-likeness (QED) is 0.202. The fraction of sp³-hybridized carbons (Fsp3) is 0.300. The molecule has 6 nitrogen and oxygen atoms in total. The number of thiophene rings is 1. The van der Waals surface area contributed by atoms with Crippen LogP contribution in [0, 0.1) is 6.92 Å². The van der Waals surface area contributed by atoms with E-state index in [0.717, 1.165) is 58.0 Å². The van der Waals surface area contributed by atoms with Crippen molar-refractivity contribution < 1.29 is 14.3 Å². The highest BCUT2D eigenvalue weighted by molar-refractivity contribution is 8.00. The molecular weight excluding hydrogens is 514 g/mol. The van der Waals surface area contributed by atoms with Crippen LogP contribution in [0.15, 0.2) is 65.7 Å². The number of hydrogen-bond acceptors (Lipinski definition) is 7. The predicted molar refractivity (Wildman–Crippen MR) is 155 cm³/mol. The standard InChI is InChI=1S/C30H31N3O3S2/c1-4-36-30(35)27-23-14-15-33(17-21-10-6-5-7-11-21)18-25(23)38-29(27)32-28(34)20(3)37-26-16-19(2)22-12-8-9-13-24(22)31-26/h5-13,16,20H,4,14-15,17-18H2,1-3H3,(H,32,34)/t20-/m1/s1. The summed E-state index contributed by atoms with van der Waals surface area (Å²) in [6.45, 7) is 8.44. The summed E-state index contributed by atoms with van der Waals surface area (Å²) in [5.74, 6) is -0.531. The number of ether oxygens (including phenoxy) is 1. The number of para-hydroxylation sites is 1. The lowest BCUT2D eigenvalue weighted by atomic mass is 10.0. The molecule has 0 unspecified atom stereocenters. The fourth-order valence-electron chi connectivity index (χ4n) is 4.77. The Morgan fingerprint density at radius 3 is 2.71 bits per heavy atom. The molecule has 0 aliphatic carbocycles. The minimum Gasteiger partial charge on any atom is -0.462 e. The third kappa shape index (κ3) is 5.77. The van der Waals surface area contributed by atoms with Crippen molar-refractivity contribution in [1.29, 1.82) is 0 Å². The summed E-state index contributed by atoms with van der Waals surface area (Å²) >= 11 is 2.91. The van der Waals surface area contributed by atoms with E-state index >= 15 is 0 Å². The first kappa shape index (κ1) is 26.4. The number of aryl methyl sites for hydroxylation is 1. The molecule has 0 saturated carbocycles. The topological polar surface area (TPSA) is 71.5 Å². The Hall–Kier alpha value is -3.20. The number of esters is 1. The van der Waals surface area contributed by atoms with E-state index < -0.39 is 5.25 Å². The molecule has 2 aromatic carbocycles. The highest BCUT2D eigenvalue weighted by Gasteiger charge is 2.30. The maximum absolute atomic E-state index is 13.3. The Morgan fingerprint density at radius 1 is 1.16 bits per heavy atom. The average molecular weight is 546 g/mol. The van der Waals surface area contributed by atoms with Gasteiger partial charge in [-0.3, -0.25) is 9.69 Å². The number of nitrogens with zero attached hydrogens (tertiary/aromatic N) is 2. The normalized spacial score (nSPS) is 14.2. The van der Waals surface area contributed by atoms with Gasteiger partial charge in [0, 0.05) is 29.9 Å². The Kier molecular flexibility index (Phi) is 8.12. The van der Waals surface area contributed by atoms with E-state index in [2.05, 4.69) is 47.5 Å². The smallest absolute Gasteiger partial charge is 0.341 e. The molecule has 1 atom stereocenters. The van der Waals surface area contributed by atoms with Crippen molar-refractivity contribution in [3.8, 4) is 0 Å². The summed E-state index contributed by atoms with van der Waals surface area (Å²) in [4.78, 5) is 34.5. The lowest BCUT2D eigenvalue weighted by Crippen LogP contribution is -2.30. The number of fused-ring (bicyclic) bond motifs is 2. The molecule has 1 amide bonds. The van der Waals surface area contributed by atoms with Crippen LogP contribution in [-0.2, 0) is 29.0 Å². The van der Waals surface area contributed by atoms with Gasteiger partial charge in [0.1, 0.15) is 5.00 Å². The highest BCUT2D eigenvalue weighted by atomic mass is 32.2. The molecule has 38 heavy (non-hydrogen) atoms. The number of benzene rings is 2. The van der Waals surface area contributed by atoms with Gasteiger partial charge in [-0.2, -0.15) is 0 Å². The lowest BCUT2D eigenvalue weighted by Gasteiger charge is -2.27. The zero-order valence-electron chi connectivity index (χ0n) is 21.8. The minimum atomic E-state index is -0.396. The van der Waals surface area contributed by atoms with Crippen molar-refractivity contribution in [3.05, 3.63) is 87.8 Å². The molecule has 0 fully saturated rings. The number of nitrogens with one attached hydrogen (secondary N) is 1. The van der Waals surface area contributed by atoms with Crippen molar-refractivity contribution in [2.75, 3.05) is 18.5 Å². The molecule has 0 bridgehead atoms. The first-order valence-electron chi connectivity index (χ1n) is 12.8. The Morgan fingerprint density at radius 2 is 1.92 bits per heavy atom. The molecule has 5 rings (SSSR count). The molecule has 1 N–H and O–H groups in total. The van der Waals surface area contributed by atoms with Gasteiger partial charge in [0.05, 0.1) is 28.0 Å². The molecule has 1 aliphatic rings. The summed E-state index contributed by atoms with van der Waals surface area (Å²) in [5.41, 5.74) is 4.81. The Bertz CT molecular complexity index is 1470. The first-order chi connectivity index (χ1) is 18.4. The summed E-state index contributed by atoms with van der Waals surface area (Å²) < 4.78 is 5.39. The number of thioether (sulfide) groups is 1. The van der Waals surface area contributed by atoms with Gasteiger partial charge in [-0.25, -0.2) is 9.78 Å². The zero-order chi connectivity index (χ0) is 26.6.